The van der Waals surface area contributed by atoms with Gasteiger partial charge in [-0.25, -0.2) is 0 Å². The standard InChI is InChI=1S/C12H11BrN4/c1-2-17-8-11(7-15-17)16-10-4-3-9(6-14)12(13)5-10/h3-5,7-8,16H,2H2,1H3. The van der Waals surface area contributed by atoms with Crippen molar-refractivity contribution in [2.45, 2.75) is 13.5 Å². The number of aromatic nitrogens is 2. The van der Waals surface area contributed by atoms with Gasteiger partial charge < -0.3 is 5.32 Å². The van der Waals surface area contributed by atoms with E-state index in [0.29, 0.717) is 5.56 Å². The van der Waals surface area contributed by atoms with E-state index >= 15 is 0 Å². The summed E-state index contributed by atoms with van der Waals surface area (Å²) in [5, 5.41) is 16.2. The Bertz CT molecular complexity index is 568. The molecule has 4 nitrogen and oxygen atoms in total. The minimum Gasteiger partial charge on any atom is -0.353 e. The van der Waals surface area contributed by atoms with Gasteiger partial charge in [0.05, 0.1) is 17.4 Å². The smallest absolute Gasteiger partial charge is 0.100 e. The summed E-state index contributed by atoms with van der Waals surface area (Å²) >= 11 is 3.36. The molecule has 0 radical (unpaired) electrons. The molecule has 2 aromatic rings. The van der Waals surface area contributed by atoms with Crippen LogP contribution in [0.25, 0.3) is 0 Å². The number of anilines is 2. The lowest BCUT2D eigenvalue weighted by molar-refractivity contribution is 0.660. The van der Waals surface area contributed by atoms with Crippen LogP contribution >= 0.6 is 15.9 Å². The van der Waals surface area contributed by atoms with Crippen LogP contribution in [0.3, 0.4) is 0 Å². The first kappa shape index (κ1) is 11.7. The van der Waals surface area contributed by atoms with E-state index in [1.807, 2.05) is 29.9 Å². The Balaban J connectivity index is 2.19. The highest BCUT2D eigenvalue weighted by Gasteiger charge is 2.02. The van der Waals surface area contributed by atoms with Crippen molar-refractivity contribution in [1.82, 2.24) is 9.78 Å². The van der Waals surface area contributed by atoms with Gasteiger partial charge in [0.2, 0.25) is 0 Å². The molecule has 0 unspecified atom stereocenters. The summed E-state index contributed by atoms with van der Waals surface area (Å²) in [5.41, 5.74) is 2.48. The third kappa shape index (κ3) is 2.66. The molecule has 0 spiro atoms. The highest BCUT2D eigenvalue weighted by molar-refractivity contribution is 9.10. The molecule has 1 aromatic heterocycles. The lowest BCUT2D eigenvalue weighted by atomic mass is 10.2. The Hall–Kier alpha value is -1.80. The number of hydrogen-bond acceptors (Lipinski definition) is 3. The highest BCUT2D eigenvalue weighted by Crippen LogP contribution is 2.23. The number of aryl methyl sites for hydroxylation is 1. The fraction of sp³-hybridized carbons (Fsp3) is 0.167. The second-order valence-corrected chi connectivity index (χ2v) is 4.37. The van der Waals surface area contributed by atoms with Crippen molar-refractivity contribution >= 4 is 27.3 Å². The van der Waals surface area contributed by atoms with E-state index < -0.39 is 0 Å². The van der Waals surface area contributed by atoms with E-state index in [2.05, 4.69) is 32.4 Å². The predicted molar refractivity (Wildman–Crippen MR) is 70.0 cm³/mol. The molecule has 0 fully saturated rings. The first-order valence-electron chi connectivity index (χ1n) is 5.22. The summed E-state index contributed by atoms with van der Waals surface area (Å²) in [5.74, 6) is 0. The van der Waals surface area contributed by atoms with Crippen LogP contribution in [0.15, 0.2) is 35.1 Å². The second-order valence-electron chi connectivity index (χ2n) is 3.52. The molecule has 0 aliphatic rings. The average molecular weight is 291 g/mol. The molecule has 1 heterocycles. The fourth-order valence-electron chi connectivity index (χ4n) is 1.45. The van der Waals surface area contributed by atoms with Crippen molar-refractivity contribution in [3.8, 4) is 6.07 Å². The number of nitrogens with zero attached hydrogens (tertiary/aromatic N) is 3. The van der Waals surface area contributed by atoms with Gasteiger partial charge in [0, 0.05) is 22.9 Å². The third-order valence-corrected chi connectivity index (χ3v) is 2.99. The normalized spacial score (nSPS) is 9.94. The SMILES string of the molecule is CCn1cc(Nc2ccc(C#N)c(Br)c2)cn1. The van der Waals surface area contributed by atoms with Crippen molar-refractivity contribution in [1.29, 1.82) is 5.26 Å². The molecule has 86 valence electrons. The van der Waals surface area contributed by atoms with Crippen LogP contribution in [-0.2, 0) is 6.54 Å². The van der Waals surface area contributed by atoms with E-state index in [1.165, 1.54) is 0 Å². The van der Waals surface area contributed by atoms with Crippen LogP contribution in [0.5, 0.6) is 0 Å². The van der Waals surface area contributed by atoms with Crippen LogP contribution in [0.4, 0.5) is 11.4 Å². The van der Waals surface area contributed by atoms with Gasteiger partial charge in [-0.15, -0.1) is 0 Å². The minimum absolute atomic E-state index is 0.625. The molecule has 17 heavy (non-hydrogen) atoms. The van der Waals surface area contributed by atoms with Gasteiger partial charge >= 0.3 is 0 Å². The third-order valence-electron chi connectivity index (χ3n) is 2.34. The first-order valence-corrected chi connectivity index (χ1v) is 6.01. The molecule has 2 rings (SSSR count). The van der Waals surface area contributed by atoms with E-state index in [-0.39, 0.29) is 0 Å². The van der Waals surface area contributed by atoms with Gasteiger partial charge in [-0.1, -0.05) is 0 Å². The Morgan fingerprint density at radius 2 is 2.29 bits per heavy atom. The summed E-state index contributed by atoms with van der Waals surface area (Å²) in [6.45, 7) is 2.88. The quantitative estimate of drug-likeness (QED) is 0.944. The summed E-state index contributed by atoms with van der Waals surface area (Å²) < 4.78 is 2.63. The molecular weight excluding hydrogens is 280 g/mol. The molecule has 0 atom stereocenters. The van der Waals surface area contributed by atoms with Crippen molar-refractivity contribution in [2.75, 3.05) is 5.32 Å². The first-order chi connectivity index (χ1) is 8.22. The Kier molecular flexibility index (Phi) is 3.45. The van der Waals surface area contributed by atoms with Crippen molar-refractivity contribution in [3.05, 3.63) is 40.6 Å². The lowest BCUT2D eigenvalue weighted by Crippen LogP contribution is -1.93. The average Bonchev–Trinajstić information content (AvgIpc) is 2.77. The predicted octanol–water partition coefficient (Wildman–Crippen LogP) is 3.28. The van der Waals surface area contributed by atoms with Crippen LogP contribution in [-0.4, -0.2) is 9.78 Å². The number of halogens is 1. The van der Waals surface area contributed by atoms with E-state index in [9.17, 15) is 0 Å². The maximum Gasteiger partial charge on any atom is 0.100 e. The maximum absolute atomic E-state index is 8.82. The van der Waals surface area contributed by atoms with Gasteiger partial charge in [-0.05, 0) is 41.1 Å². The largest absolute Gasteiger partial charge is 0.353 e. The summed E-state index contributed by atoms with van der Waals surface area (Å²) in [7, 11) is 0. The molecule has 0 saturated carbocycles. The number of nitrogens with one attached hydrogen (secondary N) is 1. The van der Waals surface area contributed by atoms with Gasteiger partial charge in [-0.2, -0.15) is 10.4 Å². The highest BCUT2D eigenvalue weighted by atomic mass is 79.9. The van der Waals surface area contributed by atoms with Gasteiger partial charge in [-0.3, -0.25) is 4.68 Å². The molecule has 0 bridgehead atoms. The lowest BCUT2D eigenvalue weighted by Gasteiger charge is -2.04. The molecular formula is C12H11BrN4. The monoisotopic (exact) mass is 290 g/mol. The molecule has 0 amide bonds. The Morgan fingerprint density at radius 3 is 2.88 bits per heavy atom. The minimum atomic E-state index is 0.625. The van der Waals surface area contributed by atoms with Crippen molar-refractivity contribution in [2.24, 2.45) is 0 Å². The van der Waals surface area contributed by atoms with E-state index in [0.717, 1.165) is 22.4 Å². The molecule has 0 aliphatic heterocycles. The zero-order chi connectivity index (χ0) is 12.3. The topological polar surface area (TPSA) is 53.6 Å². The maximum atomic E-state index is 8.82. The van der Waals surface area contributed by atoms with E-state index in [1.54, 1.807) is 12.3 Å². The fourth-order valence-corrected chi connectivity index (χ4v) is 1.92. The number of benzene rings is 1. The van der Waals surface area contributed by atoms with Gasteiger partial charge in [0.25, 0.3) is 0 Å². The van der Waals surface area contributed by atoms with Crippen LogP contribution < -0.4 is 5.32 Å². The number of hydrogen-bond donors (Lipinski definition) is 1. The number of rotatable bonds is 3. The molecule has 0 aliphatic carbocycles. The van der Waals surface area contributed by atoms with Crippen LogP contribution in [0.2, 0.25) is 0 Å². The van der Waals surface area contributed by atoms with Crippen molar-refractivity contribution < 1.29 is 0 Å². The zero-order valence-corrected chi connectivity index (χ0v) is 10.9. The summed E-state index contributed by atoms with van der Waals surface area (Å²) in [6.07, 6.45) is 3.71. The second kappa shape index (κ2) is 5.02. The Morgan fingerprint density at radius 1 is 1.47 bits per heavy atom. The molecule has 5 heteroatoms. The van der Waals surface area contributed by atoms with Crippen LogP contribution in [0.1, 0.15) is 12.5 Å². The summed E-state index contributed by atoms with van der Waals surface area (Å²) in [6, 6.07) is 7.63. The Labute approximate surface area is 108 Å². The molecule has 1 N–H and O–H groups in total. The molecule has 0 saturated heterocycles. The van der Waals surface area contributed by atoms with Crippen LogP contribution in [0, 0.1) is 11.3 Å². The zero-order valence-electron chi connectivity index (χ0n) is 9.31. The van der Waals surface area contributed by atoms with Gasteiger partial charge in [0.15, 0.2) is 0 Å². The number of nitriles is 1. The van der Waals surface area contributed by atoms with E-state index in [4.69, 9.17) is 5.26 Å². The van der Waals surface area contributed by atoms with Gasteiger partial charge in [0.1, 0.15) is 6.07 Å². The van der Waals surface area contributed by atoms with Crippen molar-refractivity contribution in [3.63, 3.8) is 0 Å². The molecule has 1 aromatic carbocycles. The summed E-state index contributed by atoms with van der Waals surface area (Å²) in [4.78, 5) is 0.